The zero-order valence-corrected chi connectivity index (χ0v) is 10.9. The summed E-state index contributed by atoms with van der Waals surface area (Å²) >= 11 is 0. The molecule has 0 bridgehead atoms. The zero-order valence-electron chi connectivity index (χ0n) is 10.9. The maximum absolute atomic E-state index is 10.2. The van der Waals surface area contributed by atoms with E-state index in [-0.39, 0.29) is 16.9 Å². The van der Waals surface area contributed by atoms with Crippen LogP contribution in [0.5, 0.6) is 0 Å². The molecule has 0 rings (SSSR count). The van der Waals surface area contributed by atoms with Crippen LogP contribution in [0, 0.1) is 10.8 Å². The summed E-state index contributed by atoms with van der Waals surface area (Å²) in [5.41, 5.74) is 0.339. The van der Waals surface area contributed by atoms with Gasteiger partial charge in [-0.1, -0.05) is 54.4 Å². The smallest absolute Gasteiger partial charge is 0.0596 e. The SMILES string of the molecule is CCCC(C)(C)C(O)CC(C)(C)CC. The van der Waals surface area contributed by atoms with Gasteiger partial charge in [0, 0.05) is 0 Å². The van der Waals surface area contributed by atoms with E-state index in [1.807, 2.05) is 0 Å². The average molecular weight is 200 g/mol. The van der Waals surface area contributed by atoms with Gasteiger partial charge in [-0.2, -0.15) is 0 Å². The Kier molecular flexibility index (Phi) is 5.14. The summed E-state index contributed by atoms with van der Waals surface area (Å²) in [6, 6.07) is 0. The maximum atomic E-state index is 10.2. The minimum Gasteiger partial charge on any atom is -0.393 e. The first-order valence-corrected chi connectivity index (χ1v) is 5.93. The van der Waals surface area contributed by atoms with Crippen molar-refractivity contribution in [3.05, 3.63) is 0 Å². The third-order valence-corrected chi connectivity index (χ3v) is 3.50. The van der Waals surface area contributed by atoms with Gasteiger partial charge in [-0.25, -0.2) is 0 Å². The lowest BCUT2D eigenvalue weighted by Gasteiger charge is -2.35. The molecule has 0 spiro atoms. The first kappa shape index (κ1) is 14.0. The van der Waals surface area contributed by atoms with E-state index >= 15 is 0 Å². The molecule has 1 N–H and O–H groups in total. The summed E-state index contributed by atoms with van der Waals surface area (Å²) in [7, 11) is 0. The third kappa shape index (κ3) is 4.45. The molecular formula is C13H28O. The van der Waals surface area contributed by atoms with Gasteiger partial charge in [0.1, 0.15) is 0 Å². The van der Waals surface area contributed by atoms with Crippen LogP contribution in [0.4, 0.5) is 0 Å². The molecule has 0 fully saturated rings. The second-order valence-electron chi connectivity index (χ2n) is 5.98. The molecule has 0 aliphatic heterocycles. The van der Waals surface area contributed by atoms with Crippen LogP contribution < -0.4 is 0 Å². The van der Waals surface area contributed by atoms with E-state index in [4.69, 9.17) is 0 Å². The van der Waals surface area contributed by atoms with Crippen molar-refractivity contribution < 1.29 is 5.11 Å². The van der Waals surface area contributed by atoms with Gasteiger partial charge in [-0.05, 0) is 23.7 Å². The van der Waals surface area contributed by atoms with Crippen LogP contribution in [0.3, 0.4) is 0 Å². The second-order valence-corrected chi connectivity index (χ2v) is 5.98. The molecule has 0 saturated carbocycles. The molecule has 0 saturated heterocycles. The third-order valence-electron chi connectivity index (χ3n) is 3.50. The van der Waals surface area contributed by atoms with E-state index < -0.39 is 0 Å². The predicted octanol–water partition coefficient (Wildman–Crippen LogP) is 4.00. The average Bonchev–Trinajstić information content (AvgIpc) is 2.03. The van der Waals surface area contributed by atoms with E-state index in [1.54, 1.807) is 0 Å². The molecule has 14 heavy (non-hydrogen) atoms. The Morgan fingerprint density at radius 3 is 1.93 bits per heavy atom. The molecule has 1 atom stereocenters. The minimum atomic E-state index is -0.169. The van der Waals surface area contributed by atoms with E-state index in [0.29, 0.717) is 0 Å². The molecule has 1 unspecified atom stereocenters. The van der Waals surface area contributed by atoms with Crippen molar-refractivity contribution in [1.29, 1.82) is 0 Å². The molecule has 1 nitrogen and oxygen atoms in total. The fourth-order valence-corrected chi connectivity index (χ4v) is 1.75. The van der Waals surface area contributed by atoms with Gasteiger partial charge in [0.25, 0.3) is 0 Å². The normalized spacial score (nSPS) is 15.6. The lowest BCUT2D eigenvalue weighted by Crippen LogP contribution is -2.33. The fourth-order valence-electron chi connectivity index (χ4n) is 1.75. The number of aliphatic hydroxyl groups excluding tert-OH is 1. The van der Waals surface area contributed by atoms with Gasteiger partial charge in [0.15, 0.2) is 0 Å². The van der Waals surface area contributed by atoms with Crippen molar-refractivity contribution in [1.82, 2.24) is 0 Å². The molecule has 0 radical (unpaired) electrons. The van der Waals surface area contributed by atoms with E-state index in [0.717, 1.165) is 25.7 Å². The number of hydrogen-bond acceptors (Lipinski definition) is 1. The zero-order chi connectivity index (χ0) is 11.4. The Balaban J connectivity index is 4.25. The van der Waals surface area contributed by atoms with Crippen molar-refractivity contribution in [2.45, 2.75) is 73.3 Å². The highest BCUT2D eigenvalue weighted by Crippen LogP contribution is 2.35. The van der Waals surface area contributed by atoms with Crippen molar-refractivity contribution in [2.24, 2.45) is 10.8 Å². The lowest BCUT2D eigenvalue weighted by molar-refractivity contribution is 0.00782. The number of rotatable bonds is 6. The predicted molar refractivity (Wildman–Crippen MR) is 63.4 cm³/mol. The van der Waals surface area contributed by atoms with Gasteiger partial charge in [-0.3, -0.25) is 0 Å². The van der Waals surface area contributed by atoms with Crippen LogP contribution in [-0.2, 0) is 0 Å². The first-order chi connectivity index (χ1) is 6.25. The largest absolute Gasteiger partial charge is 0.393 e. The highest BCUT2D eigenvalue weighted by atomic mass is 16.3. The first-order valence-electron chi connectivity index (χ1n) is 5.93. The molecular weight excluding hydrogens is 172 g/mol. The highest BCUT2D eigenvalue weighted by molar-refractivity contribution is 4.82. The summed E-state index contributed by atoms with van der Waals surface area (Å²) in [4.78, 5) is 0. The van der Waals surface area contributed by atoms with Crippen LogP contribution in [0.25, 0.3) is 0 Å². The highest BCUT2D eigenvalue weighted by Gasteiger charge is 2.31. The monoisotopic (exact) mass is 200 g/mol. The molecule has 0 aromatic carbocycles. The topological polar surface area (TPSA) is 20.2 Å². The Morgan fingerprint density at radius 2 is 1.57 bits per heavy atom. The van der Waals surface area contributed by atoms with E-state index in [1.165, 1.54) is 0 Å². The van der Waals surface area contributed by atoms with Crippen molar-refractivity contribution in [3.8, 4) is 0 Å². The second kappa shape index (κ2) is 5.16. The Labute approximate surface area is 89.9 Å². The maximum Gasteiger partial charge on any atom is 0.0596 e. The molecule has 0 aromatic heterocycles. The molecule has 0 heterocycles. The van der Waals surface area contributed by atoms with Crippen molar-refractivity contribution >= 4 is 0 Å². The molecule has 0 aliphatic rings. The summed E-state index contributed by atoms with van der Waals surface area (Å²) < 4.78 is 0. The molecule has 1 heteroatoms. The van der Waals surface area contributed by atoms with Crippen molar-refractivity contribution in [2.75, 3.05) is 0 Å². The van der Waals surface area contributed by atoms with Gasteiger partial charge >= 0.3 is 0 Å². The summed E-state index contributed by atoms with van der Waals surface area (Å²) in [5.74, 6) is 0. The standard InChI is InChI=1S/C13H28O/c1-7-9-13(5,6)11(14)10-12(3,4)8-2/h11,14H,7-10H2,1-6H3. The fraction of sp³-hybridized carbons (Fsp3) is 1.00. The Morgan fingerprint density at radius 1 is 1.07 bits per heavy atom. The quantitative estimate of drug-likeness (QED) is 0.687. The number of aliphatic hydroxyl groups is 1. The van der Waals surface area contributed by atoms with Crippen LogP contribution in [0.15, 0.2) is 0 Å². The summed E-state index contributed by atoms with van der Waals surface area (Å²) in [6.45, 7) is 13.2. The Hall–Kier alpha value is -0.0400. The van der Waals surface area contributed by atoms with Gasteiger partial charge < -0.3 is 5.11 Å². The van der Waals surface area contributed by atoms with Crippen LogP contribution in [-0.4, -0.2) is 11.2 Å². The Bertz CT molecular complexity index is 159. The van der Waals surface area contributed by atoms with Gasteiger partial charge in [-0.15, -0.1) is 0 Å². The molecule has 0 aromatic rings. The molecule has 86 valence electrons. The van der Waals surface area contributed by atoms with E-state index in [9.17, 15) is 5.11 Å². The van der Waals surface area contributed by atoms with Gasteiger partial charge in [0.05, 0.1) is 6.10 Å². The van der Waals surface area contributed by atoms with Gasteiger partial charge in [0.2, 0.25) is 0 Å². The minimum absolute atomic E-state index is 0.0706. The summed E-state index contributed by atoms with van der Waals surface area (Å²) in [5, 5.41) is 10.2. The molecule has 0 aliphatic carbocycles. The summed E-state index contributed by atoms with van der Waals surface area (Å²) in [6.07, 6.45) is 4.13. The van der Waals surface area contributed by atoms with Crippen LogP contribution in [0.1, 0.15) is 67.2 Å². The van der Waals surface area contributed by atoms with Crippen molar-refractivity contribution in [3.63, 3.8) is 0 Å². The van der Waals surface area contributed by atoms with Crippen LogP contribution >= 0.6 is 0 Å². The molecule has 0 amide bonds. The van der Waals surface area contributed by atoms with E-state index in [2.05, 4.69) is 41.5 Å². The van der Waals surface area contributed by atoms with Crippen LogP contribution in [0.2, 0.25) is 0 Å². The lowest BCUT2D eigenvalue weighted by atomic mass is 9.73. The number of hydrogen-bond donors (Lipinski definition) is 1.